The summed E-state index contributed by atoms with van der Waals surface area (Å²) in [5.74, 6) is 2.92. The van der Waals surface area contributed by atoms with Gasteiger partial charge in [-0.1, -0.05) is 18.9 Å². The molecule has 0 unspecified atom stereocenters. The monoisotopic (exact) mass is 205 g/mol. The van der Waals surface area contributed by atoms with E-state index in [0.29, 0.717) is 0 Å². The first kappa shape index (κ1) is 10.3. The zero-order valence-electron chi connectivity index (χ0n) is 9.29. The van der Waals surface area contributed by atoms with E-state index in [1.165, 1.54) is 25.7 Å². The van der Waals surface area contributed by atoms with Crippen molar-refractivity contribution in [3.63, 3.8) is 0 Å². The van der Waals surface area contributed by atoms with Crippen LogP contribution in [0.2, 0.25) is 0 Å². The number of nitrogens with zero attached hydrogens (tertiary/aromatic N) is 1. The normalized spacial score (nSPS) is 15.0. The summed E-state index contributed by atoms with van der Waals surface area (Å²) in [5.41, 5.74) is 0. The minimum atomic E-state index is 0.919. The summed E-state index contributed by atoms with van der Waals surface area (Å²) in [5, 5.41) is 6.39. The highest BCUT2D eigenvalue weighted by Crippen LogP contribution is 2.33. The summed E-state index contributed by atoms with van der Waals surface area (Å²) in [6.07, 6.45) is 5.54. The third-order valence-electron chi connectivity index (χ3n) is 2.80. The maximum absolute atomic E-state index is 4.40. The fourth-order valence-corrected chi connectivity index (χ4v) is 1.69. The molecule has 1 heterocycles. The van der Waals surface area contributed by atoms with Gasteiger partial charge in [-0.05, 0) is 30.9 Å². The first-order valence-corrected chi connectivity index (χ1v) is 5.77. The van der Waals surface area contributed by atoms with E-state index in [0.717, 1.165) is 24.1 Å². The highest BCUT2D eigenvalue weighted by Gasteiger charge is 2.19. The van der Waals surface area contributed by atoms with Gasteiger partial charge >= 0.3 is 0 Å². The molecule has 15 heavy (non-hydrogen) atoms. The first-order chi connectivity index (χ1) is 7.38. The number of hydrogen-bond acceptors (Lipinski definition) is 3. The fourth-order valence-electron chi connectivity index (χ4n) is 1.69. The molecule has 0 spiro atoms. The highest BCUT2D eigenvalue weighted by molar-refractivity contribution is 5.44. The molecule has 3 heteroatoms. The van der Waals surface area contributed by atoms with Crippen molar-refractivity contribution in [2.24, 2.45) is 5.92 Å². The quantitative estimate of drug-likeness (QED) is 0.701. The van der Waals surface area contributed by atoms with Gasteiger partial charge in [0.25, 0.3) is 0 Å². The molecule has 0 atom stereocenters. The highest BCUT2D eigenvalue weighted by atomic mass is 15.0. The summed E-state index contributed by atoms with van der Waals surface area (Å²) in [4.78, 5) is 4.40. The molecule has 0 bridgehead atoms. The van der Waals surface area contributed by atoms with Crippen molar-refractivity contribution in [2.45, 2.75) is 25.7 Å². The molecule has 1 saturated carbocycles. The van der Waals surface area contributed by atoms with Crippen LogP contribution in [-0.4, -0.2) is 18.6 Å². The molecule has 82 valence electrons. The van der Waals surface area contributed by atoms with E-state index in [9.17, 15) is 0 Å². The van der Waals surface area contributed by atoms with Gasteiger partial charge in [-0.3, -0.25) is 0 Å². The zero-order valence-corrected chi connectivity index (χ0v) is 9.29. The molecule has 3 nitrogen and oxygen atoms in total. The molecule has 0 aliphatic heterocycles. The van der Waals surface area contributed by atoms with Crippen LogP contribution in [0.3, 0.4) is 0 Å². The van der Waals surface area contributed by atoms with Gasteiger partial charge in [0, 0.05) is 13.6 Å². The fraction of sp³-hybridized carbons (Fsp3) is 0.583. The SMILES string of the molecule is CNc1cccc(NCCCC2CC2)n1. The predicted octanol–water partition coefficient (Wildman–Crippen LogP) is 2.73. The second-order valence-corrected chi connectivity index (χ2v) is 4.17. The van der Waals surface area contributed by atoms with E-state index >= 15 is 0 Å². The van der Waals surface area contributed by atoms with E-state index in [2.05, 4.69) is 15.6 Å². The lowest BCUT2D eigenvalue weighted by Crippen LogP contribution is -2.04. The third-order valence-corrected chi connectivity index (χ3v) is 2.80. The van der Waals surface area contributed by atoms with Gasteiger partial charge in [-0.15, -0.1) is 0 Å². The second-order valence-electron chi connectivity index (χ2n) is 4.17. The van der Waals surface area contributed by atoms with E-state index in [4.69, 9.17) is 0 Å². The number of rotatable bonds is 6. The largest absolute Gasteiger partial charge is 0.373 e. The maximum Gasteiger partial charge on any atom is 0.128 e. The van der Waals surface area contributed by atoms with Crippen LogP contribution in [-0.2, 0) is 0 Å². The summed E-state index contributed by atoms with van der Waals surface area (Å²) in [6, 6.07) is 6.00. The molecule has 1 aliphatic carbocycles. The Hall–Kier alpha value is -1.25. The number of pyridine rings is 1. The van der Waals surface area contributed by atoms with Crippen molar-refractivity contribution in [3.05, 3.63) is 18.2 Å². The van der Waals surface area contributed by atoms with Crippen molar-refractivity contribution < 1.29 is 0 Å². The van der Waals surface area contributed by atoms with Gasteiger partial charge in [0.15, 0.2) is 0 Å². The maximum atomic E-state index is 4.40. The third kappa shape index (κ3) is 3.42. The average molecular weight is 205 g/mol. The first-order valence-electron chi connectivity index (χ1n) is 5.77. The summed E-state index contributed by atoms with van der Waals surface area (Å²) in [6.45, 7) is 1.04. The van der Waals surface area contributed by atoms with E-state index in [1.54, 1.807) is 0 Å². The van der Waals surface area contributed by atoms with Gasteiger partial charge < -0.3 is 10.6 Å². The molecule has 1 aromatic rings. The van der Waals surface area contributed by atoms with E-state index in [-0.39, 0.29) is 0 Å². The molecular formula is C12H19N3. The van der Waals surface area contributed by atoms with Gasteiger partial charge in [0.1, 0.15) is 11.6 Å². The van der Waals surface area contributed by atoms with Gasteiger partial charge in [-0.25, -0.2) is 4.98 Å². The Bertz CT molecular complexity index is 307. The molecule has 0 amide bonds. The van der Waals surface area contributed by atoms with Crippen LogP contribution in [0.25, 0.3) is 0 Å². The zero-order chi connectivity index (χ0) is 10.5. The Morgan fingerprint density at radius 3 is 2.87 bits per heavy atom. The van der Waals surface area contributed by atoms with Crippen LogP contribution in [0, 0.1) is 5.92 Å². The Morgan fingerprint density at radius 2 is 2.13 bits per heavy atom. The summed E-state index contributed by atoms with van der Waals surface area (Å²) in [7, 11) is 1.89. The number of hydrogen-bond donors (Lipinski definition) is 2. The van der Waals surface area contributed by atoms with E-state index in [1.807, 2.05) is 25.2 Å². The van der Waals surface area contributed by atoms with Crippen LogP contribution in [0.5, 0.6) is 0 Å². The molecule has 2 rings (SSSR count). The van der Waals surface area contributed by atoms with Gasteiger partial charge in [0.2, 0.25) is 0 Å². The van der Waals surface area contributed by atoms with Crippen LogP contribution >= 0.6 is 0 Å². The number of nitrogens with one attached hydrogen (secondary N) is 2. The van der Waals surface area contributed by atoms with Crippen LogP contribution < -0.4 is 10.6 Å². The average Bonchev–Trinajstić information content (AvgIpc) is 3.09. The summed E-state index contributed by atoms with van der Waals surface area (Å²) < 4.78 is 0. The molecule has 2 N–H and O–H groups in total. The van der Waals surface area contributed by atoms with Gasteiger partial charge in [0.05, 0.1) is 0 Å². The van der Waals surface area contributed by atoms with Crippen molar-refractivity contribution in [2.75, 3.05) is 24.2 Å². The summed E-state index contributed by atoms with van der Waals surface area (Å²) >= 11 is 0. The molecule has 0 aromatic carbocycles. The molecule has 0 saturated heterocycles. The Morgan fingerprint density at radius 1 is 1.33 bits per heavy atom. The van der Waals surface area contributed by atoms with Crippen LogP contribution in [0.4, 0.5) is 11.6 Å². The molecular weight excluding hydrogens is 186 g/mol. The standard InChI is InChI=1S/C12H19N3/c1-13-11-5-2-6-12(15-11)14-9-3-4-10-7-8-10/h2,5-6,10H,3-4,7-9H2,1H3,(H2,13,14,15). The Balaban J connectivity index is 1.71. The number of aromatic nitrogens is 1. The smallest absolute Gasteiger partial charge is 0.128 e. The topological polar surface area (TPSA) is 37.0 Å². The van der Waals surface area contributed by atoms with Crippen LogP contribution in [0.1, 0.15) is 25.7 Å². The van der Waals surface area contributed by atoms with Crippen molar-refractivity contribution in [1.82, 2.24) is 4.98 Å². The molecule has 0 radical (unpaired) electrons. The lowest BCUT2D eigenvalue weighted by atomic mass is 10.2. The molecule has 1 aromatic heterocycles. The minimum absolute atomic E-state index is 0.919. The molecule has 1 aliphatic rings. The predicted molar refractivity (Wildman–Crippen MR) is 64.2 cm³/mol. The van der Waals surface area contributed by atoms with E-state index < -0.39 is 0 Å². The second kappa shape index (κ2) is 5.01. The van der Waals surface area contributed by atoms with Crippen LogP contribution in [0.15, 0.2) is 18.2 Å². The van der Waals surface area contributed by atoms with Crippen molar-refractivity contribution in [3.8, 4) is 0 Å². The number of anilines is 2. The minimum Gasteiger partial charge on any atom is -0.373 e. The lowest BCUT2D eigenvalue weighted by Gasteiger charge is -2.06. The lowest BCUT2D eigenvalue weighted by molar-refractivity contribution is 0.686. The van der Waals surface area contributed by atoms with Crippen molar-refractivity contribution >= 4 is 11.6 Å². The Labute approximate surface area is 91.3 Å². The van der Waals surface area contributed by atoms with Crippen molar-refractivity contribution in [1.29, 1.82) is 0 Å². The molecule has 1 fully saturated rings. The van der Waals surface area contributed by atoms with Gasteiger partial charge in [-0.2, -0.15) is 0 Å². The Kier molecular flexibility index (Phi) is 3.43.